The fourth-order valence-electron chi connectivity index (χ4n) is 2.29. The molecule has 2 rings (SSSR count). The van der Waals surface area contributed by atoms with Crippen LogP contribution in [0.1, 0.15) is 31.0 Å². The molecule has 1 N–H and O–H groups in total. The zero-order chi connectivity index (χ0) is 14.9. The second-order valence-electron chi connectivity index (χ2n) is 5.22. The second kappa shape index (κ2) is 8.90. The largest absolute Gasteiger partial charge is 0.314 e. The molecule has 3 nitrogen and oxygen atoms in total. The Morgan fingerprint density at radius 3 is 2.81 bits per heavy atom. The van der Waals surface area contributed by atoms with Crippen LogP contribution in [-0.4, -0.2) is 22.6 Å². The number of hydrogen-bond donors (Lipinski definition) is 1. The predicted octanol–water partition coefficient (Wildman–Crippen LogP) is 3.78. The van der Waals surface area contributed by atoms with Crippen LogP contribution in [0.25, 0.3) is 0 Å². The van der Waals surface area contributed by atoms with Crippen molar-refractivity contribution >= 4 is 15.9 Å². The highest BCUT2D eigenvalue weighted by atomic mass is 79.9. The highest BCUT2D eigenvalue weighted by molar-refractivity contribution is 9.10. The summed E-state index contributed by atoms with van der Waals surface area (Å²) >= 11 is 3.43. The van der Waals surface area contributed by atoms with Crippen molar-refractivity contribution in [3.8, 4) is 0 Å². The summed E-state index contributed by atoms with van der Waals surface area (Å²) in [4.78, 5) is 8.66. The number of nitrogens with one attached hydrogen (secondary N) is 1. The van der Waals surface area contributed by atoms with Crippen molar-refractivity contribution < 1.29 is 0 Å². The highest BCUT2D eigenvalue weighted by Gasteiger charge is 2.10. The van der Waals surface area contributed by atoms with Gasteiger partial charge in [0.1, 0.15) is 0 Å². The van der Waals surface area contributed by atoms with Gasteiger partial charge in [-0.15, -0.1) is 0 Å². The number of rotatable bonds is 8. The van der Waals surface area contributed by atoms with Gasteiger partial charge < -0.3 is 5.32 Å². The molecule has 0 fully saturated rings. The Morgan fingerprint density at radius 1 is 1.24 bits per heavy atom. The summed E-state index contributed by atoms with van der Waals surface area (Å²) in [6.45, 7) is 3.25. The Hall–Kier alpha value is -1.26. The minimum Gasteiger partial charge on any atom is -0.314 e. The average molecular weight is 348 g/mol. The van der Waals surface area contributed by atoms with E-state index >= 15 is 0 Å². The van der Waals surface area contributed by atoms with Gasteiger partial charge in [0.15, 0.2) is 0 Å². The number of aryl methyl sites for hydroxylation is 1. The third kappa shape index (κ3) is 5.94. The van der Waals surface area contributed by atoms with Gasteiger partial charge in [-0.3, -0.25) is 9.97 Å². The predicted molar refractivity (Wildman–Crippen MR) is 90.3 cm³/mol. The average Bonchev–Trinajstić information content (AvgIpc) is 2.53. The summed E-state index contributed by atoms with van der Waals surface area (Å²) in [7, 11) is 0. The van der Waals surface area contributed by atoms with Gasteiger partial charge >= 0.3 is 0 Å². The standard InChI is InChI=1S/C17H22BrN3/c1-2-9-20-16(7-5-14-4-3-10-19-12-14)11-17-8-6-15(18)13-21-17/h3-4,6,8,10,12-13,16,20H,2,5,7,9,11H2,1H3. The maximum absolute atomic E-state index is 4.48. The van der Waals surface area contributed by atoms with E-state index in [4.69, 9.17) is 0 Å². The monoisotopic (exact) mass is 347 g/mol. The molecule has 0 aliphatic rings. The molecule has 112 valence electrons. The van der Waals surface area contributed by atoms with E-state index in [1.807, 2.05) is 24.7 Å². The number of pyridine rings is 2. The third-order valence-electron chi connectivity index (χ3n) is 3.43. The van der Waals surface area contributed by atoms with E-state index in [-0.39, 0.29) is 0 Å². The fourth-order valence-corrected chi connectivity index (χ4v) is 2.53. The normalized spacial score (nSPS) is 12.3. The number of hydrogen-bond acceptors (Lipinski definition) is 3. The summed E-state index contributed by atoms with van der Waals surface area (Å²) in [5.74, 6) is 0. The molecule has 0 bridgehead atoms. The van der Waals surface area contributed by atoms with E-state index in [0.717, 1.165) is 42.4 Å². The Balaban J connectivity index is 1.92. The van der Waals surface area contributed by atoms with Gasteiger partial charge in [-0.2, -0.15) is 0 Å². The van der Waals surface area contributed by atoms with Crippen LogP contribution < -0.4 is 5.32 Å². The van der Waals surface area contributed by atoms with E-state index in [1.165, 1.54) is 5.56 Å². The van der Waals surface area contributed by atoms with E-state index < -0.39 is 0 Å². The van der Waals surface area contributed by atoms with Gasteiger partial charge in [0, 0.05) is 41.2 Å². The van der Waals surface area contributed by atoms with E-state index in [2.05, 4.69) is 56.3 Å². The minimum atomic E-state index is 0.457. The Morgan fingerprint density at radius 2 is 2.14 bits per heavy atom. The smallest absolute Gasteiger partial charge is 0.0419 e. The van der Waals surface area contributed by atoms with Crippen molar-refractivity contribution in [1.29, 1.82) is 0 Å². The molecular weight excluding hydrogens is 326 g/mol. The van der Waals surface area contributed by atoms with E-state index in [1.54, 1.807) is 0 Å². The van der Waals surface area contributed by atoms with Crippen molar-refractivity contribution in [2.24, 2.45) is 0 Å². The molecule has 0 aliphatic heterocycles. The lowest BCUT2D eigenvalue weighted by molar-refractivity contribution is 0.473. The fraction of sp³-hybridized carbons (Fsp3) is 0.412. The molecule has 0 saturated carbocycles. The quantitative estimate of drug-likeness (QED) is 0.789. The summed E-state index contributed by atoms with van der Waals surface area (Å²) < 4.78 is 1.03. The molecule has 4 heteroatoms. The topological polar surface area (TPSA) is 37.8 Å². The number of aromatic nitrogens is 2. The first-order valence-electron chi connectivity index (χ1n) is 7.50. The van der Waals surface area contributed by atoms with Gasteiger partial charge in [0.05, 0.1) is 0 Å². The first kappa shape index (κ1) is 16.1. The molecular formula is C17H22BrN3. The zero-order valence-corrected chi connectivity index (χ0v) is 14.0. The second-order valence-corrected chi connectivity index (χ2v) is 6.14. The Kier molecular flexibility index (Phi) is 6.83. The lowest BCUT2D eigenvalue weighted by Crippen LogP contribution is -2.32. The summed E-state index contributed by atoms with van der Waals surface area (Å²) in [6, 6.07) is 8.75. The van der Waals surface area contributed by atoms with Crippen molar-refractivity contribution in [1.82, 2.24) is 15.3 Å². The molecule has 2 heterocycles. The van der Waals surface area contributed by atoms with Gasteiger partial charge in [-0.25, -0.2) is 0 Å². The molecule has 0 spiro atoms. The lowest BCUT2D eigenvalue weighted by atomic mass is 10.0. The van der Waals surface area contributed by atoms with Crippen molar-refractivity contribution in [3.63, 3.8) is 0 Å². The summed E-state index contributed by atoms with van der Waals surface area (Å²) in [6.07, 6.45) is 9.91. The molecule has 1 unspecified atom stereocenters. The molecule has 0 radical (unpaired) electrons. The van der Waals surface area contributed by atoms with Crippen LogP contribution in [0.4, 0.5) is 0 Å². The molecule has 0 aliphatic carbocycles. The molecule has 1 atom stereocenters. The van der Waals surface area contributed by atoms with Crippen molar-refractivity contribution in [2.75, 3.05) is 6.54 Å². The van der Waals surface area contributed by atoms with Crippen LogP contribution in [-0.2, 0) is 12.8 Å². The summed E-state index contributed by atoms with van der Waals surface area (Å²) in [5.41, 5.74) is 2.43. The maximum Gasteiger partial charge on any atom is 0.0419 e. The Bertz CT molecular complexity index is 513. The van der Waals surface area contributed by atoms with Crippen LogP contribution in [0.5, 0.6) is 0 Å². The number of halogens is 1. The molecule has 21 heavy (non-hydrogen) atoms. The van der Waals surface area contributed by atoms with Crippen molar-refractivity contribution in [2.45, 2.75) is 38.6 Å². The minimum absolute atomic E-state index is 0.457. The maximum atomic E-state index is 4.48. The van der Waals surface area contributed by atoms with Crippen molar-refractivity contribution in [3.05, 3.63) is 58.6 Å². The zero-order valence-electron chi connectivity index (χ0n) is 12.4. The van der Waals surface area contributed by atoms with Crippen LogP contribution in [0.3, 0.4) is 0 Å². The third-order valence-corrected chi connectivity index (χ3v) is 3.90. The van der Waals surface area contributed by atoms with E-state index in [0.29, 0.717) is 6.04 Å². The van der Waals surface area contributed by atoms with Gasteiger partial charge in [0.25, 0.3) is 0 Å². The molecule has 0 amide bonds. The molecule has 0 aromatic carbocycles. The molecule has 0 saturated heterocycles. The van der Waals surface area contributed by atoms with Crippen LogP contribution >= 0.6 is 15.9 Å². The first-order valence-corrected chi connectivity index (χ1v) is 8.30. The number of nitrogens with zero attached hydrogens (tertiary/aromatic N) is 2. The Labute approximate surface area is 135 Å². The summed E-state index contributed by atoms with van der Waals surface area (Å²) in [5, 5.41) is 3.63. The van der Waals surface area contributed by atoms with Crippen LogP contribution in [0.2, 0.25) is 0 Å². The first-order chi connectivity index (χ1) is 10.3. The van der Waals surface area contributed by atoms with Crippen LogP contribution in [0.15, 0.2) is 47.3 Å². The molecule has 2 aromatic heterocycles. The van der Waals surface area contributed by atoms with E-state index in [9.17, 15) is 0 Å². The van der Waals surface area contributed by atoms with Gasteiger partial charge in [-0.05, 0) is 65.5 Å². The SMILES string of the molecule is CCCNC(CCc1cccnc1)Cc1ccc(Br)cn1. The van der Waals surface area contributed by atoms with Gasteiger partial charge in [-0.1, -0.05) is 13.0 Å². The van der Waals surface area contributed by atoms with Crippen LogP contribution in [0, 0.1) is 0 Å². The lowest BCUT2D eigenvalue weighted by Gasteiger charge is -2.18. The molecule has 2 aromatic rings. The van der Waals surface area contributed by atoms with Gasteiger partial charge in [0.2, 0.25) is 0 Å². The highest BCUT2D eigenvalue weighted by Crippen LogP contribution is 2.11.